The zero-order chi connectivity index (χ0) is 22.7. The second-order valence-corrected chi connectivity index (χ2v) is 8.01. The smallest absolute Gasteiger partial charge is 0.493 e. The van der Waals surface area contributed by atoms with E-state index in [1.807, 2.05) is 18.2 Å². The predicted molar refractivity (Wildman–Crippen MR) is 118 cm³/mol. The number of carbonyl (C=O) groups excluding carboxylic acids is 1. The van der Waals surface area contributed by atoms with Crippen molar-refractivity contribution in [2.75, 3.05) is 19.5 Å². The molecule has 1 saturated carbocycles. The van der Waals surface area contributed by atoms with Crippen LogP contribution >= 0.6 is 0 Å². The lowest BCUT2D eigenvalue weighted by atomic mass is 9.95. The summed E-state index contributed by atoms with van der Waals surface area (Å²) in [5, 5.41) is 25.7. The Hall–Kier alpha value is -3.55. The van der Waals surface area contributed by atoms with E-state index in [0.29, 0.717) is 28.1 Å². The number of nitrogens with zero attached hydrogens (tertiary/aromatic N) is 2. The van der Waals surface area contributed by atoms with Gasteiger partial charge in [-0.15, -0.1) is 0 Å². The zero-order valence-electron chi connectivity index (χ0n) is 18.4. The van der Waals surface area contributed by atoms with Crippen molar-refractivity contribution in [3.63, 3.8) is 0 Å². The monoisotopic (exact) mass is 439 g/mol. The van der Waals surface area contributed by atoms with Crippen LogP contribution in [-0.4, -0.2) is 30.3 Å². The van der Waals surface area contributed by atoms with Crippen LogP contribution in [0.15, 0.2) is 42.5 Å². The first kappa shape index (κ1) is 21.7. The lowest BCUT2D eigenvalue weighted by molar-refractivity contribution is -0.830. The average molecular weight is 440 g/mol. The third kappa shape index (κ3) is 4.12. The maximum Gasteiger partial charge on any atom is 0.632 e. The second kappa shape index (κ2) is 9.30. The number of ether oxygens (including phenoxy) is 2. The normalized spacial score (nSPS) is 14.3. The van der Waals surface area contributed by atoms with Crippen LogP contribution in [0.5, 0.6) is 23.4 Å². The minimum Gasteiger partial charge on any atom is -0.493 e. The van der Waals surface area contributed by atoms with Gasteiger partial charge in [0.2, 0.25) is 12.1 Å². The van der Waals surface area contributed by atoms with E-state index in [9.17, 15) is 15.0 Å². The van der Waals surface area contributed by atoms with Gasteiger partial charge in [0.25, 0.3) is 5.91 Å². The maximum absolute atomic E-state index is 12.9. The van der Waals surface area contributed by atoms with Crippen LogP contribution in [0.3, 0.4) is 0 Å². The van der Waals surface area contributed by atoms with Gasteiger partial charge in [-0.2, -0.15) is 0 Å². The Kier molecular flexibility index (Phi) is 6.30. The third-order valence-corrected chi connectivity index (χ3v) is 6.02. The summed E-state index contributed by atoms with van der Waals surface area (Å²) in [5.74, 6) is 0.543. The van der Waals surface area contributed by atoms with E-state index in [2.05, 4.69) is 5.32 Å². The molecule has 4 rings (SSSR count). The zero-order valence-corrected chi connectivity index (χ0v) is 18.4. The highest BCUT2D eigenvalue weighted by molar-refractivity contribution is 5.90. The van der Waals surface area contributed by atoms with Crippen molar-refractivity contribution in [3.05, 3.63) is 42.5 Å². The summed E-state index contributed by atoms with van der Waals surface area (Å²) in [6.07, 6.45) is 4.88. The fourth-order valence-corrected chi connectivity index (χ4v) is 4.43. The maximum atomic E-state index is 12.9. The number of para-hydroxylation sites is 1. The molecule has 1 heterocycles. The number of fused-ring (bicyclic) bond motifs is 1. The lowest BCUT2D eigenvalue weighted by Crippen LogP contribution is -2.53. The standard InChI is InChI=1S/C24H27N3O5/c1-31-20-13-18-19(14-21(20)32-2)26(15-22(28)25-16-9-5-3-6-10-16)24(30)27(23(18)29)17-11-7-4-8-12-17/h3,5-6,9-10,13-14,17H,4,7-8,11-12,15H2,1-2H3,(H,25,28)/p+2. The number of amides is 1. The van der Waals surface area contributed by atoms with Gasteiger partial charge in [0.1, 0.15) is 0 Å². The molecular formula is C24H29N3O5+2. The van der Waals surface area contributed by atoms with Gasteiger partial charge in [0, 0.05) is 24.6 Å². The summed E-state index contributed by atoms with van der Waals surface area (Å²) in [4.78, 5) is 12.9. The summed E-state index contributed by atoms with van der Waals surface area (Å²) < 4.78 is 13.9. The number of carbonyl (C=O) groups is 1. The minimum absolute atomic E-state index is 0.0509. The first-order valence-corrected chi connectivity index (χ1v) is 10.8. The van der Waals surface area contributed by atoms with Gasteiger partial charge in [-0.1, -0.05) is 33.8 Å². The highest BCUT2D eigenvalue weighted by Gasteiger charge is 2.40. The molecule has 0 aliphatic heterocycles. The summed E-state index contributed by atoms with van der Waals surface area (Å²) in [6.45, 7) is -0.139. The van der Waals surface area contributed by atoms with E-state index in [0.717, 1.165) is 32.1 Å². The first-order chi connectivity index (χ1) is 15.5. The quantitative estimate of drug-likeness (QED) is 0.513. The van der Waals surface area contributed by atoms with Crippen molar-refractivity contribution < 1.29 is 33.6 Å². The van der Waals surface area contributed by atoms with Crippen LogP contribution in [0.4, 0.5) is 5.69 Å². The van der Waals surface area contributed by atoms with Crippen molar-refractivity contribution in [2.45, 2.75) is 44.7 Å². The van der Waals surface area contributed by atoms with Gasteiger partial charge in [0.05, 0.1) is 20.3 Å². The third-order valence-electron chi connectivity index (χ3n) is 6.02. The molecule has 0 atom stereocenters. The highest BCUT2D eigenvalue weighted by atomic mass is 16.5. The van der Waals surface area contributed by atoms with Gasteiger partial charge in [-0.3, -0.25) is 4.79 Å². The Balaban J connectivity index is 1.85. The molecule has 0 saturated heterocycles. The summed E-state index contributed by atoms with van der Waals surface area (Å²) >= 11 is 0. The van der Waals surface area contributed by atoms with Crippen LogP contribution in [0, 0.1) is 0 Å². The Morgan fingerprint density at radius 1 is 1.03 bits per heavy atom. The first-order valence-electron chi connectivity index (χ1n) is 10.8. The van der Waals surface area contributed by atoms with Crippen LogP contribution in [0.2, 0.25) is 0 Å². The SMILES string of the molecule is COc1cc2c(O)[n+](C3CCCCC3)c(O)[n+](CC(=O)Nc3ccccc3)c2cc1OC. The molecule has 168 valence electrons. The number of nitrogens with one attached hydrogen (secondary N) is 1. The summed E-state index contributed by atoms with van der Waals surface area (Å²) in [7, 11) is 3.04. The van der Waals surface area contributed by atoms with E-state index in [4.69, 9.17) is 9.47 Å². The molecule has 0 radical (unpaired) electrons. The molecule has 1 aromatic heterocycles. The van der Waals surface area contributed by atoms with Crippen molar-refractivity contribution >= 4 is 22.5 Å². The van der Waals surface area contributed by atoms with Crippen LogP contribution in [0.25, 0.3) is 10.9 Å². The molecule has 0 spiro atoms. The molecule has 1 aliphatic carbocycles. The van der Waals surface area contributed by atoms with E-state index >= 15 is 0 Å². The Labute approximate surface area is 186 Å². The van der Waals surface area contributed by atoms with Crippen molar-refractivity contribution in [1.82, 2.24) is 0 Å². The van der Waals surface area contributed by atoms with Crippen LogP contribution in [0.1, 0.15) is 38.1 Å². The molecular weight excluding hydrogens is 410 g/mol. The summed E-state index contributed by atoms with van der Waals surface area (Å²) in [6, 6.07) is 12.3. The van der Waals surface area contributed by atoms with Crippen molar-refractivity contribution in [3.8, 4) is 23.4 Å². The molecule has 2 aromatic carbocycles. The van der Waals surface area contributed by atoms with E-state index in [1.54, 1.807) is 28.8 Å². The number of hydrogen-bond acceptors (Lipinski definition) is 5. The predicted octanol–water partition coefficient (Wildman–Crippen LogP) is 2.99. The van der Waals surface area contributed by atoms with E-state index < -0.39 is 0 Å². The molecule has 0 unspecified atom stereocenters. The van der Waals surface area contributed by atoms with Gasteiger partial charge in [-0.25, -0.2) is 0 Å². The number of methoxy groups -OCH3 is 2. The van der Waals surface area contributed by atoms with Crippen LogP contribution in [-0.2, 0) is 11.3 Å². The summed E-state index contributed by atoms with van der Waals surface area (Å²) in [5.41, 5.74) is 1.13. The Morgan fingerprint density at radius 3 is 2.34 bits per heavy atom. The number of anilines is 1. The number of aromatic nitrogens is 2. The van der Waals surface area contributed by atoms with Gasteiger partial charge >= 0.3 is 11.9 Å². The fraction of sp³-hybridized carbons (Fsp3) is 0.375. The molecule has 8 heteroatoms. The minimum atomic E-state index is -0.298. The second-order valence-electron chi connectivity index (χ2n) is 8.01. The van der Waals surface area contributed by atoms with Crippen molar-refractivity contribution in [2.24, 2.45) is 0 Å². The van der Waals surface area contributed by atoms with Gasteiger partial charge in [-0.05, 0) is 25.0 Å². The van der Waals surface area contributed by atoms with Gasteiger partial charge < -0.3 is 25.0 Å². The molecule has 3 N–H and O–H groups in total. The number of benzene rings is 2. The van der Waals surface area contributed by atoms with Crippen LogP contribution < -0.4 is 23.9 Å². The highest BCUT2D eigenvalue weighted by Crippen LogP contribution is 2.36. The number of hydrogen-bond donors (Lipinski definition) is 3. The van der Waals surface area contributed by atoms with Gasteiger partial charge in [0.15, 0.2) is 22.9 Å². The largest absolute Gasteiger partial charge is 0.632 e. The topological polar surface area (TPSA) is 95.8 Å². The fourth-order valence-electron chi connectivity index (χ4n) is 4.43. The Bertz CT molecular complexity index is 1130. The Morgan fingerprint density at radius 2 is 1.69 bits per heavy atom. The molecule has 0 bridgehead atoms. The lowest BCUT2D eigenvalue weighted by Gasteiger charge is -2.18. The van der Waals surface area contributed by atoms with E-state index in [1.165, 1.54) is 18.8 Å². The number of aromatic hydroxyl groups is 2. The van der Waals surface area contributed by atoms with E-state index in [-0.39, 0.29) is 30.4 Å². The molecule has 1 fully saturated rings. The van der Waals surface area contributed by atoms with Crippen molar-refractivity contribution in [1.29, 1.82) is 0 Å². The molecule has 8 nitrogen and oxygen atoms in total. The molecule has 3 aromatic rings. The average Bonchev–Trinajstić information content (AvgIpc) is 2.82. The molecule has 1 aliphatic rings. The molecule has 1 amide bonds. The number of rotatable bonds is 6. The molecule has 32 heavy (non-hydrogen) atoms.